The van der Waals surface area contributed by atoms with Gasteiger partial charge in [0, 0.05) is 25.7 Å². The molecular formula is C17H21FN4O5S. The van der Waals surface area contributed by atoms with E-state index in [9.17, 15) is 28.2 Å². The van der Waals surface area contributed by atoms with Crippen LogP contribution in [-0.4, -0.2) is 42.0 Å². The first-order valence-corrected chi connectivity index (χ1v) is 10.2. The van der Waals surface area contributed by atoms with Crippen molar-refractivity contribution in [3.8, 4) is 5.75 Å². The summed E-state index contributed by atoms with van der Waals surface area (Å²) in [6.07, 6.45) is 1.27. The first-order chi connectivity index (χ1) is 13.2. The van der Waals surface area contributed by atoms with Crippen LogP contribution in [0.1, 0.15) is 28.9 Å². The molecule has 28 heavy (non-hydrogen) atoms. The van der Waals surface area contributed by atoms with Crippen LogP contribution >= 0.6 is 10.8 Å². The fourth-order valence-corrected chi connectivity index (χ4v) is 4.56. The van der Waals surface area contributed by atoms with E-state index in [1.54, 1.807) is 6.07 Å². The summed E-state index contributed by atoms with van der Waals surface area (Å²) in [5.41, 5.74) is -1.23. The van der Waals surface area contributed by atoms with Crippen molar-refractivity contribution in [3.63, 3.8) is 0 Å². The van der Waals surface area contributed by atoms with Gasteiger partial charge in [-0.15, -0.1) is 10.8 Å². The monoisotopic (exact) mass is 412 g/mol. The van der Waals surface area contributed by atoms with Gasteiger partial charge in [0.25, 0.3) is 11.5 Å². The number of hydrogen-bond donors (Lipinski definition) is 4. The number of aromatic hydroxyl groups is 1. The molecule has 1 aliphatic heterocycles. The summed E-state index contributed by atoms with van der Waals surface area (Å²) in [4.78, 5) is 28.8. The summed E-state index contributed by atoms with van der Waals surface area (Å²) in [7, 11) is -1.87. The van der Waals surface area contributed by atoms with Gasteiger partial charge in [-0.25, -0.2) is 13.7 Å². The molecule has 1 aromatic heterocycles. The van der Waals surface area contributed by atoms with Gasteiger partial charge >= 0.3 is 0 Å². The van der Waals surface area contributed by atoms with E-state index in [4.69, 9.17) is 0 Å². The maximum absolute atomic E-state index is 13.7. The molecule has 1 aromatic carbocycles. The summed E-state index contributed by atoms with van der Waals surface area (Å²) in [5, 5.41) is 12.5. The number of amides is 1. The Balaban J connectivity index is 1.93. The molecule has 4 N–H and O–H groups in total. The van der Waals surface area contributed by atoms with Gasteiger partial charge in [-0.1, -0.05) is 18.2 Å². The second kappa shape index (κ2) is 7.78. The predicted octanol–water partition coefficient (Wildman–Crippen LogP) is 1.82. The second-order valence-electron chi connectivity index (χ2n) is 6.39. The van der Waals surface area contributed by atoms with Gasteiger partial charge in [0.15, 0.2) is 5.69 Å². The van der Waals surface area contributed by atoms with Crippen LogP contribution in [0, 0.1) is 5.82 Å². The third-order valence-corrected chi connectivity index (χ3v) is 6.35. The molecule has 9 nitrogen and oxygen atoms in total. The minimum atomic E-state index is -3.18. The summed E-state index contributed by atoms with van der Waals surface area (Å²) in [6, 6.07) is 5.85. The average Bonchev–Trinajstić information content (AvgIpc) is 2.66. The van der Waals surface area contributed by atoms with Gasteiger partial charge < -0.3 is 10.4 Å². The normalized spacial score (nSPS) is 17.2. The fourth-order valence-electron chi connectivity index (χ4n) is 2.90. The topological polar surface area (TPSA) is 128 Å². The molecule has 0 radical (unpaired) electrons. The highest BCUT2D eigenvalue weighted by Crippen LogP contribution is 2.48. The number of hydrogen-bond acceptors (Lipinski definition) is 7. The van der Waals surface area contributed by atoms with Gasteiger partial charge in [-0.05, 0) is 18.9 Å². The first kappa shape index (κ1) is 20.1. The lowest BCUT2D eigenvalue weighted by Crippen LogP contribution is -2.39. The van der Waals surface area contributed by atoms with Crippen molar-refractivity contribution in [2.45, 2.75) is 19.4 Å². The summed E-state index contributed by atoms with van der Waals surface area (Å²) < 4.78 is 36.4. The fraction of sp³-hybridized carbons (Fsp3) is 0.353. The number of aromatic nitrogens is 2. The lowest BCUT2D eigenvalue weighted by Gasteiger charge is -2.46. The molecule has 0 saturated carbocycles. The van der Waals surface area contributed by atoms with E-state index in [-0.39, 0.29) is 30.4 Å². The van der Waals surface area contributed by atoms with Crippen molar-refractivity contribution in [2.24, 2.45) is 7.05 Å². The number of carbonyl (C=O) groups is 1. The van der Waals surface area contributed by atoms with Crippen molar-refractivity contribution < 1.29 is 23.4 Å². The molecule has 11 heteroatoms. The van der Waals surface area contributed by atoms with Crippen molar-refractivity contribution in [1.82, 2.24) is 14.9 Å². The molecule has 1 fully saturated rings. The van der Waals surface area contributed by atoms with Crippen LogP contribution in [0.4, 0.5) is 10.3 Å². The predicted molar refractivity (Wildman–Crippen MR) is 103 cm³/mol. The summed E-state index contributed by atoms with van der Waals surface area (Å²) >= 11 is 0. The van der Waals surface area contributed by atoms with Gasteiger partial charge in [0.05, 0.1) is 5.75 Å². The molecule has 0 aliphatic carbocycles. The highest BCUT2D eigenvalue weighted by Gasteiger charge is 2.32. The maximum Gasteiger partial charge on any atom is 0.297 e. The smallest absolute Gasteiger partial charge is 0.297 e. The molecule has 3 rings (SSSR count). The molecule has 2 aromatic rings. The zero-order valence-corrected chi connectivity index (χ0v) is 15.9. The maximum atomic E-state index is 13.7. The molecule has 2 heterocycles. The SMILES string of the molecule is Cn1c(N2CCCCS2(O)O)nc(C(=O)NCc2ccccc2F)c(O)c1=O. The largest absolute Gasteiger partial charge is 0.501 e. The number of halogens is 1. The lowest BCUT2D eigenvalue weighted by molar-refractivity contribution is 0.0942. The van der Waals surface area contributed by atoms with E-state index in [0.29, 0.717) is 12.8 Å². The number of anilines is 1. The van der Waals surface area contributed by atoms with Gasteiger partial charge in [0.1, 0.15) is 5.82 Å². The summed E-state index contributed by atoms with van der Waals surface area (Å²) in [5.74, 6) is -2.26. The highest BCUT2D eigenvalue weighted by atomic mass is 32.3. The number of rotatable bonds is 4. The van der Waals surface area contributed by atoms with Crippen LogP contribution < -0.4 is 15.2 Å². The zero-order valence-electron chi connectivity index (χ0n) is 15.1. The van der Waals surface area contributed by atoms with Crippen LogP contribution in [0.5, 0.6) is 5.75 Å². The van der Waals surface area contributed by atoms with E-state index in [2.05, 4.69) is 10.3 Å². The Labute approximate surface area is 161 Å². The minimum absolute atomic E-state index is 0.124. The van der Waals surface area contributed by atoms with Crippen LogP contribution in [0.2, 0.25) is 0 Å². The highest BCUT2D eigenvalue weighted by molar-refractivity contribution is 8.25. The van der Waals surface area contributed by atoms with Crippen LogP contribution in [-0.2, 0) is 13.6 Å². The molecule has 0 spiro atoms. The molecular weight excluding hydrogens is 391 g/mol. The van der Waals surface area contributed by atoms with E-state index in [1.807, 2.05) is 0 Å². The van der Waals surface area contributed by atoms with Crippen molar-refractivity contribution >= 4 is 22.6 Å². The molecule has 0 unspecified atom stereocenters. The zero-order chi connectivity index (χ0) is 20.5. The Morgan fingerprint density at radius 2 is 2.04 bits per heavy atom. The lowest BCUT2D eigenvalue weighted by atomic mass is 10.2. The summed E-state index contributed by atoms with van der Waals surface area (Å²) in [6.45, 7) is 0.0692. The van der Waals surface area contributed by atoms with Crippen LogP contribution in [0.25, 0.3) is 0 Å². The Bertz CT molecular complexity index is 965. The molecule has 152 valence electrons. The standard InChI is InChI=1S/C17H21FN4O5S/c1-21-16(25)14(23)13(15(24)19-10-11-6-2-3-7-12(11)18)20-17(21)22-8-4-5-9-28(22,26)27/h2-3,6-7,23,26-27H,4-5,8-10H2,1H3,(H,19,24). The minimum Gasteiger partial charge on any atom is -0.501 e. The van der Waals surface area contributed by atoms with Gasteiger partial charge in [-0.2, -0.15) is 0 Å². The number of carbonyl (C=O) groups excluding carboxylic acids is 1. The first-order valence-electron chi connectivity index (χ1n) is 8.57. The van der Waals surface area contributed by atoms with E-state index >= 15 is 0 Å². The van der Waals surface area contributed by atoms with E-state index in [0.717, 1.165) is 4.57 Å². The third kappa shape index (κ3) is 3.81. The van der Waals surface area contributed by atoms with Crippen molar-refractivity contribution in [3.05, 3.63) is 51.7 Å². The Morgan fingerprint density at radius 1 is 1.32 bits per heavy atom. The Morgan fingerprint density at radius 3 is 2.71 bits per heavy atom. The van der Waals surface area contributed by atoms with Crippen molar-refractivity contribution in [1.29, 1.82) is 0 Å². The molecule has 0 bridgehead atoms. The molecule has 1 saturated heterocycles. The van der Waals surface area contributed by atoms with E-state index in [1.165, 1.54) is 29.6 Å². The quantitative estimate of drug-likeness (QED) is 0.603. The Hall–Kier alpha value is -2.63. The van der Waals surface area contributed by atoms with Crippen molar-refractivity contribution in [2.75, 3.05) is 16.6 Å². The number of nitrogens with zero attached hydrogens (tertiary/aromatic N) is 3. The van der Waals surface area contributed by atoms with Gasteiger partial charge in [-0.3, -0.25) is 23.3 Å². The number of benzene rings is 1. The van der Waals surface area contributed by atoms with Crippen LogP contribution in [0.3, 0.4) is 0 Å². The molecule has 1 aliphatic rings. The van der Waals surface area contributed by atoms with Gasteiger partial charge in [0.2, 0.25) is 11.7 Å². The van der Waals surface area contributed by atoms with E-state index < -0.39 is 39.5 Å². The molecule has 0 atom stereocenters. The number of nitrogens with one attached hydrogen (secondary N) is 1. The Kier molecular flexibility index (Phi) is 5.59. The second-order valence-corrected chi connectivity index (χ2v) is 8.51. The average molecular weight is 412 g/mol. The molecule has 1 amide bonds. The van der Waals surface area contributed by atoms with Crippen LogP contribution in [0.15, 0.2) is 29.1 Å². The third-order valence-electron chi connectivity index (χ3n) is 4.46.